The summed E-state index contributed by atoms with van der Waals surface area (Å²) in [5.74, 6) is -0.264. The Morgan fingerprint density at radius 2 is 1.85 bits per heavy atom. The fourth-order valence-electron chi connectivity index (χ4n) is 2.57. The number of piperazine rings is 1. The van der Waals surface area contributed by atoms with Gasteiger partial charge >= 0.3 is 0 Å². The summed E-state index contributed by atoms with van der Waals surface area (Å²) in [7, 11) is 1.75. The highest BCUT2D eigenvalue weighted by atomic mass is 16.2. The average molecular weight is 275 g/mol. The average Bonchev–Trinajstić information content (AvgIpc) is 2.44. The molecule has 0 spiro atoms. The molecule has 1 aromatic rings. The molecule has 1 atom stereocenters. The van der Waals surface area contributed by atoms with Gasteiger partial charge in [-0.05, 0) is 19.4 Å². The molecule has 0 saturated carbocycles. The van der Waals surface area contributed by atoms with Crippen LogP contribution in [0.3, 0.4) is 0 Å². The number of benzene rings is 1. The lowest BCUT2D eigenvalue weighted by Crippen LogP contribution is -2.64. The number of carbonyl (C=O) groups is 2. The molecule has 1 aliphatic rings. The highest BCUT2D eigenvalue weighted by Crippen LogP contribution is 2.25. The number of hydrogen-bond donors (Lipinski definition) is 1. The third-order valence-corrected chi connectivity index (χ3v) is 3.89. The minimum absolute atomic E-state index is 0.0580. The van der Waals surface area contributed by atoms with E-state index >= 15 is 0 Å². The molecule has 0 unspecified atom stereocenters. The van der Waals surface area contributed by atoms with Crippen molar-refractivity contribution >= 4 is 11.8 Å². The Bertz CT molecular complexity index is 513. The number of carbonyl (C=O) groups excluding carboxylic acids is 2. The third kappa shape index (κ3) is 2.41. The zero-order chi connectivity index (χ0) is 14.9. The van der Waals surface area contributed by atoms with Gasteiger partial charge in [-0.1, -0.05) is 30.3 Å². The predicted molar refractivity (Wildman–Crippen MR) is 76.8 cm³/mol. The molecular weight excluding hydrogens is 254 g/mol. The van der Waals surface area contributed by atoms with E-state index in [1.54, 1.807) is 30.7 Å². The molecule has 2 N–H and O–H groups in total. The molecule has 0 bridgehead atoms. The SMILES string of the molecule is CN1CCN(C(=O)[C@H](N)c2ccccc2)C(C)(C)C1=O. The molecule has 1 aliphatic heterocycles. The number of hydrogen-bond acceptors (Lipinski definition) is 3. The van der Waals surface area contributed by atoms with Crippen molar-refractivity contribution in [2.45, 2.75) is 25.4 Å². The normalized spacial score (nSPS) is 19.9. The lowest BCUT2D eigenvalue weighted by molar-refractivity contribution is -0.158. The van der Waals surface area contributed by atoms with Crippen LogP contribution in [-0.4, -0.2) is 47.3 Å². The first-order chi connectivity index (χ1) is 9.35. The first kappa shape index (κ1) is 14.5. The lowest BCUT2D eigenvalue weighted by Gasteiger charge is -2.45. The first-order valence-electron chi connectivity index (χ1n) is 6.73. The van der Waals surface area contributed by atoms with Crippen molar-refractivity contribution in [3.8, 4) is 0 Å². The summed E-state index contributed by atoms with van der Waals surface area (Å²) in [6, 6.07) is 8.50. The van der Waals surface area contributed by atoms with Crippen molar-refractivity contribution in [2.75, 3.05) is 20.1 Å². The van der Waals surface area contributed by atoms with Crippen LogP contribution in [0.1, 0.15) is 25.5 Å². The van der Waals surface area contributed by atoms with Gasteiger partial charge in [0.05, 0.1) is 0 Å². The summed E-state index contributed by atoms with van der Waals surface area (Å²) < 4.78 is 0. The quantitative estimate of drug-likeness (QED) is 0.866. The second-order valence-corrected chi connectivity index (χ2v) is 5.66. The van der Waals surface area contributed by atoms with Gasteiger partial charge in [-0.3, -0.25) is 9.59 Å². The molecule has 1 fully saturated rings. The van der Waals surface area contributed by atoms with Crippen LogP contribution in [-0.2, 0) is 9.59 Å². The number of nitrogens with zero attached hydrogens (tertiary/aromatic N) is 2. The van der Waals surface area contributed by atoms with E-state index < -0.39 is 11.6 Å². The lowest BCUT2D eigenvalue weighted by atomic mass is 9.95. The Morgan fingerprint density at radius 3 is 2.45 bits per heavy atom. The number of nitrogens with two attached hydrogens (primary N) is 1. The molecule has 2 rings (SSSR count). The van der Waals surface area contributed by atoms with Crippen LogP contribution in [0.15, 0.2) is 30.3 Å². The largest absolute Gasteiger partial charge is 0.342 e. The van der Waals surface area contributed by atoms with Gasteiger partial charge in [-0.2, -0.15) is 0 Å². The maximum atomic E-state index is 12.6. The van der Waals surface area contributed by atoms with Gasteiger partial charge in [0.25, 0.3) is 0 Å². The molecule has 0 aliphatic carbocycles. The number of amides is 2. The van der Waals surface area contributed by atoms with Crippen molar-refractivity contribution in [1.29, 1.82) is 0 Å². The summed E-state index contributed by atoms with van der Waals surface area (Å²) in [4.78, 5) is 28.0. The highest BCUT2D eigenvalue weighted by Gasteiger charge is 2.44. The maximum absolute atomic E-state index is 12.6. The van der Waals surface area contributed by atoms with Crippen molar-refractivity contribution in [2.24, 2.45) is 5.73 Å². The van der Waals surface area contributed by atoms with Gasteiger partial charge in [-0.15, -0.1) is 0 Å². The van der Waals surface area contributed by atoms with E-state index in [4.69, 9.17) is 5.73 Å². The van der Waals surface area contributed by atoms with Gasteiger partial charge in [0, 0.05) is 20.1 Å². The number of likely N-dealkylation sites (N-methyl/N-ethyl adjacent to an activating group) is 1. The molecule has 1 heterocycles. The van der Waals surface area contributed by atoms with E-state index in [2.05, 4.69) is 0 Å². The molecule has 20 heavy (non-hydrogen) atoms. The maximum Gasteiger partial charge on any atom is 0.247 e. The van der Waals surface area contributed by atoms with Crippen molar-refractivity contribution in [1.82, 2.24) is 9.80 Å². The molecule has 0 radical (unpaired) electrons. The zero-order valence-corrected chi connectivity index (χ0v) is 12.2. The molecule has 1 saturated heterocycles. The van der Waals surface area contributed by atoms with Crippen LogP contribution < -0.4 is 5.73 Å². The molecule has 5 nitrogen and oxygen atoms in total. The van der Waals surface area contributed by atoms with Gasteiger partial charge in [0.15, 0.2) is 0 Å². The van der Waals surface area contributed by atoms with Crippen LogP contribution in [0.5, 0.6) is 0 Å². The Hall–Kier alpha value is -1.88. The smallest absolute Gasteiger partial charge is 0.247 e. The van der Waals surface area contributed by atoms with E-state index in [1.807, 2.05) is 30.3 Å². The highest BCUT2D eigenvalue weighted by molar-refractivity contribution is 5.93. The minimum atomic E-state index is -0.851. The van der Waals surface area contributed by atoms with Crippen LogP contribution >= 0.6 is 0 Å². The third-order valence-electron chi connectivity index (χ3n) is 3.89. The topological polar surface area (TPSA) is 66.6 Å². The molecule has 1 aromatic carbocycles. The second kappa shape index (κ2) is 5.25. The van der Waals surface area contributed by atoms with E-state index in [1.165, 1.54) is 0 Å². The molecule has 0 aromatic heterocycles. The van der Waals surface area contributed by atoms with Crippen LogP contribution in [0.4, 0.5) is 0 Å². The molecule has 5 heteroatoms. The van der Waals surface area contributed by atoms with Gasteiger partial charge in [0.2, 0.25) is 11.8 Å². The van der Waals surface area contributed by atoms with Crippen LogP contribution in [0, 0.1) is 0 Å². The summed E-state index contributed by atoms with van der Waals surface area (Å²) in [6.45, 7) is 4.57. The monoisotopic (exact) mass is 275 g/mol. The first-order valence-corrected chi connectivity index (χ1v) is 6.73. The Balaban J connectivity index is 2.23. The Morgan fingerprint density at radius 1 is 1.25 bits per heavy atom. The standard InChI is InChI=1S/C15H21N3O2/c1-15(2)14(20)17(3)9-10-18(15)13(19)12(16)11-7-5-4-6-8-11/h4-8,12H,9-10,16H2,1-3H3/t12-/m1/s1. The van der Waals surface area contributed by atoms with Crippen molar-refractivity contribution < 1.29 is 9.59 Å². The fraction of sp³-hybridized carbons (Fsp3) is 0.467. The van der Waals surface area contributed by atoms with E-state index in [9.17, 15) is 9.59 Å². The summed E-state index contributed by atoms with van der Waals surface area (Å²) >= 11 is 0. The Labute approximate surface area is 119 Å². The summed E-state index contributed by atoms with van der Waals surface area (Å²) in [6.07, 6.45) is 0. The number of rotatable bonds is 2. The predicted octanol–water partition coefficient (Wildman–Crippen LogP) is 0.766. The van der Waals surface area contributed by atoms with Gasteiger partial charge in [-0.25, -0.2) is 0 Å². The van der Waals surface area contributed by atoms with Gasteiger partial charge < -0.3 is 15.5 Å². The molecular formula is C15H21N3O2. The van der Waals surface area contributed by atoms with E-state index in [0.29, 0.717) is 13.1 Å². The Kier molecular flexibility index (Phi) is 3.81. The summed E-state index contributed by atoms with van der Waals surface area (Å²) in [5.41, 5.74) is 5.97. The summed E-state index contributed by atoms with van der Waals surface area (Å²) in [5, 5.41) is 0. The second-order valence-electron chi connectivity index (χ2n) is 5.66. The van der Waals surface area contributed by atoms with Gasteiger partial charge in [0.1, 0.15) is 11.6 Å². The van der Waals surface area contributed by atoms with Crippen molar-refractivity contribution in [3.05, 3.63) is 35.9 Å². The van der Waals surface area contributed by atoms with E-state index in [0.717, 1.165) is 5.56 Å². The van der Waals surface area contributed by atoms with Crippen LogP contribution in [0.25, 0.3) is 0 Å². The van der Waals surface area contributed by atoms with Crippen molar-refractivity contribution in [3.63, 3.8) is 0 Å². The zero-order valence-electron chi connectivity index (χ0n) is 12.2. The fourth-order valence-corrected chi connectivity index (χ4v) is 2.57. The molecule has 2 amide bonds. The molecule has 108 valence electrons. The minimum Gasteiger partial charge on any atom is -0.342 e. The van der Waals surface area contributed by atoms with Crippen LogP contribution in [0.2, 0.25) is 0 Å². The van der Waals surface area contributed by atoms with E-state index in [-0.39, 0.29) is 11.8 Å².